The second-order valence-electron chi connectivity index (χ2n) is 9.05. The van der Waals surface area contributed by atoms with Gasteiger partial charge in [-0.1, -0.05) is 31.0 Å². The molecule has 152 valence electrons. The Morgan fingerprint density at radius 3 is 1.78 bits per heavy atom. The number of carbonyl (C=O) groups is 2. The van der Waals surface area contributed by atoms with Gasteiger partial charge in [-0.3, -0.25) is 9.59 Å². The highest BCUT2D eigenvalue weighted by atomic mass is 16.4. The molecule has 0 saturated heterocycles. The van der Waals surface area contributed by atoms with Gasteiger partial charge in [0.25, 0.3) is 0 Å². The summed E-state index contributed by atoms with van der Waals surface area (Å²) < 4.78 is 0. The van der Waals surface area contributed by atoms with Crippen LogP contribution in [0.4, 0.5) is 0 Å². The third kappa shape index (κ3) is 7.74. The highest BCUT2D eigenvalue weighted by Gasteiger charge is 2.26. The van der Waals surface area contributed by atoms with E-state index in [4.69, 9.17) is 0 Å². The average molecular weight is 377 g/mol. The van der Waals surface area contributed by atoms with Crippen molar-refractivity contribution in [1.29, 1.82) is 0 Å². The lowest BCUT2D eigenvalue weighted by molar-refractivity contribution is -0.148. The number of unbranched alkanes of at least 4 members (excludes halogenated alkanes) is 2. The Balaban J connectivity index is 2.48. The van der Waals surface area contributed by atoms with Crippen LogP contribution in [0.3, 0.4) is 0 Å². The van der Waals surface area contributed by atoms with Crippen molar-refractivity contribution in [1.82, 2.24) is 0 Å². The van der Waals surface area contributed by atoms with E-state index in [9.17, 15) is 19.8 Å². The highest BCUT2D eigenvalue weighted by Crippen LogP contribution is 2.26. The van der Waals surface area contributed by atoms with Gasteiger partial charge in [0.1, 0.15) is 0 Å². The van der Waals surface area contributed by atoms with E-state index in [1.165, 1.54) is 16.7 Å². The van der Waals surface area contributed by atoms with Crippen LogP contribution in [-0.4, -0.2) is 22.2 Å². The van der Waals surface area contributed by atoms with Crippen LogP contribution < -0.4 is 0 Å². The summed E-state index contributed by atoms with van der Waals surface area (Å²) in [6.45, 7) is 9.26. The number of benzene rings is 1. The van der Waals surface area contributed by atoms with Crippen molar-refractivity contribution in [2.45, 2.75) is 86.0 Å². The zero-order valence-electron chi connectivity index (χ0n) is 17.6. The van der Waals surface area contributed by atoms with Gasteiger partial charge in [0.15, 0.2) is 0 Å². The Kier molecular flexibility index (Phi) is 8.52. The molecule has 0 radical (unpaired) electrons. The van der Waals surface area contributed by atoms with E-state index < -0.39 is 22.8 Å². The molecular formula is C23H36O4. The Morgan fingerprint density at radius 1 is 0.815 bits per heavy atom. The standard InChI is InChI=1S/C23H36O4/c1-17-12-13-18(10-6-8-14-22(2,3)20(24)25)16-19(17)11-7-9-15-23(4,5)21(26)27/h12-13,16H,6-11,14-15H2,1-5H3,(H,24,25)(H,26,27). The fourth-order valence-corrected chi connectivity index (χ4v) is 3.14. The maximum absolute atomic E-state index is 11.2. The molecule has 0 aromatic heterocycles. The molecule has 0 aliphatic carbocycles. The summed E-state index contributed by atoms with van der Waals surface area (Å²) in [6.07, 6.45) is 7.14. The molecule has 1 rings (SSSR count). The van der Waals surface area contributed by atoms with Gasteiger partial charge in [-0.15, -0.1) is 0 Å². The second-order valence-corrected chi connectivity index (χ2v) is 9.05. The van der Waals surface area contributed by atoms with Crippen molar-refractivity contribution < 1.29 is 19.8 Å². The fourth-order valence-electron chi connectivity index (χ4n) is 3.14. The minimum absolute atomic E-state index is 0.651. The van der Waals surface area contributed by atoms with Crippen LogP contribution in [0.25, 0.3) is 0 Å². The molecule has 0 amide bonds. The van der Waals surface area contributed by atoms with Gasteiger partial charge in [-0.05, 0) is 89.8 Å². The Hall–Kier alpha value is -1.84. The van der Waals surface area contributed by atoms with E-state index in [0.717, 1.165) is 38.5 Å². The monoisotopic (exact) mass is 376 g/mol. The number of hydrogen-bond donors (Lipinski definition) is 2. The average Bonchev–Trinajstić information content (AvgIpc) is 2.57. The van der Waals surface area contributed by atoms with E-state index in [2.05, 4.69) is 25.1 Å². The summed E-state index contributed by atoms with van der Waals surface area (Å²) in [7, 11) is 0. The smallest absolute Gasteiger partial charge is 0.309 e. The first-order chi connectivity index (χ1) is 12.5. The van der Waals surface area contributed by atoms with Gasteiger partial charge in [0, 0.05) is 0 Å². The summed E-state index contributed by atoms with van der Waals surface area (Å²) in [6, 6.07) is 6.59. The maximum atomic E-state index is 11.2. The number of hydrogen-bond acceptors (Lipinski definition) is 2. The Morgan fingerprint density at radius 2 is 1.30 bits per heavy atom. The number of rotatable bonds is 12. The van der Waals surface area contributed by atoms with Crippen LogP contribution in [0.15, 0.2) is 18.2 Å². The third-order valence-electron chi connectivity index (χ3n) is 5.59. The first kappa shape index (κ1) is 23.2. The quantitative estimate of drug-likeness (QED) is 0.463. The molecule has 27 heavy (non-hydrogen) atoms. The summed E-state index contributed by atoms with van der Waals surface area (Å²) in [5, 5.41) is 18.4. The van der Waals surface area contributed by atoms with Crippen molar-refractivity contribution in [3.05, 3.63) is 34.9 Å². The molecule has 0 bridgehead atoms. The van der Waals surface area contributed by atoms with E-state index in [1.807, 2.05) is 0 Å². The SMILES string of the molecule is Cc1ccc(CCCCC(C)(C)C(=O)O)cc1CCCCC(C)(C)C(=O)O. The zero-order chi connectivity index (χ0) is 20.7. The summed E-state index contributed by atoms with van der Waals surface area (Å²) >= 11 is 0. The van der Waals surface area contributed by atoms with Crippen LogP contribution >= 0.6 is 0 Å². The number of carboxylic acid groups (broad SMARTS) is 2. The molecule has 0 atom stereocenters. The molecule has 0 heterocycles. The first-order valence-corrected chi connectivity index (χ1v) is 10.0. The lowest BCUT2D eigenvalue weighted by atomic mass is 9.86. The van der Waals surface area contributed by atoms with E-state index in [1.54, 1.807) is 27.7 Å². The topological polar surface area (TPSA) is 74.6 Å². The molecule has 4 nitrogen and oxygen atoms in total. The van der Waals surface area contributed by atoms with E-state index >= 15 is 0 Å². The number of aliphatic carboxylic acids is 2. The second kappa shape index (κ2) is 9.91. The minimum atomic E-state index is -0.730. The molecule has 0 spiro atoms. The van der Waals surface area contributed by atoms with Crippen LogP contribution in [0.2, 0.25) is 0 Å². The first-order valence-electron chi connectivity index (χ1n) is 10.0. The van der Waals surface area contributed by atoms with Gasteiger partial charge in [0.05, 0.1) is 10.8 Å². The largest absolute Gasteiger partial charge is 0.481 e. The van der Waals surface area contributed by atoms with E-state index in [0.29, 0.717) is 12.8 Å². The van der Waals surface area contributed by atoms with E-state index in [-0.39, 0.29) is 0 Å². The molecular weight excluding hydrogens is 340 g/mol. The molecule has 0 aliphatic heterocycles. The van der Waals surface area contributed by atoms with Gasteiger partial charge in [0.2, 0.25) is 0 Å². The normalized spacial score (nSPS) is 12.2. The maximum Gasteiger partial charge on any atom is 0.309 e. The van der Waals surface area contributed by atoms with Gasteiger partial charge in [-0.2, -0.15) is 0 Å². The highest BCUT2D eigenvalue weighted by molar-refractivity contribution is 5.73. The molecule has 0 unspecified atom stereocenters. The fraction of sp³-hybridized carbons (Fsp3) is 0.652. The molecule has 0 aliphatic rings. The molecule has 0 saturated carbocycles. The van der Waals surface area contributed by atoms with Crippen LogP contribution in [0.1, 0.15) is 82.9 Å². The minimum Gasteiger partial charge on any atom is -0.481 e. The summed E-state index contributed by atoms with van der Waals surface area (Å²) in [5.74, 6) is -1.46. The molecule has 4 heteroatoms. The van der Waals surface area contributed by atoms with Crippen molar-refractivity contribution in [2.24, 2.45) is 10.8 Å². The van der Waals surface area contributed by atoms with Crippen LogP contribution in [-0.2, 0) is 22.4 Å². The van der Waals surface area contributed by atoms with Crippen molar-refractivity contribution in [3.8, 4) is 0 Å². The predicted molar refractivity (Wildman–Crippen MR) is 109 cm³/mol. The lowest BCUT2D eigenvalue weighted by Crippen LogP contribution is -2.23. The van der Waals surface area contributed by atoms with Crippen molar-refractivity contribution in [2.75, 3.05) is 0 Å². The predicted octanol–water partition coefficient (Wildman–Crippen LogP) is 5.64. The van der Waals surface area contributed by atoms with Gasteiger partial charge >= 0.3 is 11.9 Å². The summed E-state index contributed by atoms with van der Waals surface area (Å²) in [5.41, 5.74) is 2.62. The molecule has 0 fully saturated rings. The molecule has 2 N–H and O–H groups in total. The zero-order valence-corrected chi connectivity index (χ0v) is 17.6. The van der Waals surface area contributed by atoms with Gasteiger partial charge in [-0.25, -0.2) is 0 Å². The third-order valence-corrected chi connectivity index (χ3v) is 5.59. The van der Waals surface area contributed by atoms with Crippen LogP contribution in [0, 0.1) is 17.8 Å². The van der Waals surface area contributed by atoms with Crippen molar-refractivity contribution in [3.63, 3.8) is 0 Å². The Bertz CT molecular complexity index is 644. The molecule has 1 aromatic rings. The van der Waals surface area contributed by atoms with Crippen molar-refractivity contribution >= 4 is 11.9 Å². The summed E-state index contributed by atoms with van der Waals surface area (Å²) in [4.78, 5) is 22.3. The number of aryl methyl sites for hydroxylation is 3. The molecule has 1 aromatic carbocycles. The lowest BCUT2D eigenvalue weighted by Gasteiger charge is -2.19. The Labute approximate surface area is 164 Å². The van der Waals surface area contributed by atoms with Crippen LogP contribution in [0.5, 0.6) is 0 Å². The number of carboxylic acids is 2. The van der Waals surface area contributed by atoms with Gasteiger partial charge < -0.3 is 10.2 Å².